The summed E-state index contributed by atoms with van der Waals surface area (Å²) >= 11 is 0. The molecular weight excluding hydrogens is 235 g/mol. The second-order valence-corrected chi connectivity index (χ2v) is 4.25. The van der Waals surface area contributed by atoms with Crippen LogP contribution in [-0.4, -0.2) is 43.6 Å². The van der Waals surface area contributed by atoms with Gasteiger partial charge < -0.3 is 24.3 Å². The van der Waals surface area contributed by atoms with Crippen LogP contribution in [0.4, 0.5) is 0 Å². The van der Waals surface area contributed by atoms with E-state index in [0.29, 0.717) is 24.4 Å². The Morgan fingerprint density at radius 1 is 1.44 bits per heavy atom. The Morgan fingerprint density at radius 2 is 2.28 bits per heavy atom. The molecule has 5 nitrogen and oxygen atoms in total. The first kappa shape index (κ1) is 13.4. The lowest BCUT2D eigenvalue weighted by molar-refractivity contribution is 0.0318. The molecule has 98 valence electrons. The zero-order chi connectivity index (χ0) is 13.0. The molecule has 1 aliphatic rings. The number of rotatable bonds is 5. The molecule has 18 heavy (non-hydrogen) atoms. The van der Waals surface area contributed by atoms with Gasteiger partial charge in [-0.05, 0) is 18.1 Å². The Bertz CT molecular complexity index is 390. The van der Waals surface area contributed by atoms with Crippen molar-refractivity contribution in [1.82, 2.24) is 0 Å². The minimum Gasteiger partial charge on any atom is -0.497 e. The molecule has 0 amide bonds. The van der Waals surface area contributed by atoms with E-state index in [1.807, 2.05) is 6.07 Å². The van der Waals surface area contributed by atoms with E-state index in [4.69, 9.17) is 14.2 Å². The van der Waals surface area contributed by atoms with Gasteiger partial charge in [0.05, 0.1) is 26.4 Å². The molecule has 1 saturated heterocycles. The Labute approximate surface area is 106 Å². The zero-order valence-corrected chi connectivity index (χ0v) is 10.3. The quantitative estimate of drug-likeness (QED) is 0.703. The van der Waals surface area contributed by atoms with E-state index in [2.05, 4.69) is 0 Å². The predicted octanol–water partition coefficient (Wildman–Crippen LogP) is -0.319. The fraction of sp³-hybridized carbons (Fsp3) is 0.500. The molecule has 2 N–H and O–H groups in total. The molecule has 0 radical (unpaired) electrons. The maximum Gasteiger partial charge on any atom is 0.492 e. The Morgan fingerprint density at radius 3 is 2.89 bits per heavy atom. The highest BCUT2D eigenvalue weighted by atomic mass is 16.5. The third-order valence-corrected chi connectivity index (χ3v) is 2.95. The summed E-state index contributed by atoms with van der Waals surface area (Å²) in [6.45, 7) is 1.80. The van der Waals surface area contributed by atoms with Crippen molar-refractivity contribution in [2.24, 2.45) is 0 Å². The lowest BCUT2D eigenvalue weighted by Crippen LogP contribution is -2.31. The van der Waals surface area contributed by atoms with Gasteiger partial charge in [-0.1, -0.05) is 12.1 Å². The fourth-order valence-electron chi connectivity index (χ4n) is 1.93. The van der Waals surface area contributed by atoms with E-state index in [-0.39, 0.29) is 6.10 Å². The van der Waals surface area contributed by atoms with E-state index in [0.717, 1.165) is 18.6 Å². The lowest BCUT2D eigenvalue weighted by atomic mass is 9.79. The third kappa shape index (κ3) is 3.23. The smallest absolute Gasteiger partial charge is 0.492 e. The number of methoxy groups -OCH3 is 1. The van der Waals surface area contributed by atoms with E-state index < -0.39 is 7.12 Å². The van der Waals surface area contributed by atoms with Crippen LogP contribution in [0.3, 0.4) is 0 Å². The zero-order valence-electron chi connectivity index (χ0n) is 10.3. The number of hydrogen-bond donors (Lipinski definition) is 2. The second-order valence-electron chi connectivity index (χ2n) is 4.25. The SMILES string of the molecule is COc1ccc(COC2CCOC2)cc1B(O)O. The Kier molecular flexibility index (Phi) is 4.60. The predicted molar refractivity (Wildman–Crippen MR) is 66.8 cm³/mol. The van der Waals surface area contributed by atoms with Gasteiger partial charge in [0.15, 0.2) is 0 Å². The van der Waals surface area contributed by atoms with Crippen molar-refractivity contribution >= 4 is 12.6 Å². The summed E-state index contributed by atoms with van der Waals surface area (Å²) in [5, 5.41) is 18.5. The van der Waals surface area contributed by atoms with Gasteiger partial charge in [0.25, 0.3) is 0 Å². The van der Waals surface area contributed by atoms with Gasteiger partial charge in [0, 0.05) is 12.1 Å². The maximum absolute atomic E-state index is 9.25. The van der Waals surface area contributed by atoms with Gasteiger partial charge >= 0.3 is 7.12 Å². The maximum atomic E-state index is 9.25. The minimum atomic E-state index is -1.55. The van der Waals surface area contributed by atoms with Crippen LogP contribution in [0.5, 0.6) is 5.75 Å². The first-order valence-corrected chi connectivity index (χ1v) is 5.93. The largest absolute Gasteiger partial charge is 0.497 e. The molecule has 2 rings (SSSR count). The average molecular weight is 252 g/mol. The normalized spacial score (nSPS) is 18.9. The number of hydrogen-bond acceptors (Lipinski definition) is 5. The molecule has 1 fully saturated rings. The summed E-state index contributed by atoms with van der Waals surface area (Å²) in [5.41, 5.74) is 1.23. The van der Waals surface area contributed by atoms with Crippen LogP contribution < -0.4 is 10.2 Å². The fourth-order valence-corrected chi connectivity index (χ4v) is 1.93. The van der Waals surface area contributed by atoms with Gasteiger partial charge in [-0.2, -0.15) is 0 Å². The highest BCUT2D eigenvalue weighted by molar-refractivity contribution is 6.59. The Balaban J connectivity index is 2.01. The van der Waals surface area contributed by atoms with Gasteiger partial charge in [0.1, 0.15) is 5.75 Å². The molecule has 0 bridgehead atoms. The van der Waals surface area contributed by atoms with Crippen molar-refractivity contribution in [2.45, 2.75) is 19.1 Å². The third-order valence-electron chi connectivity index (χ3n) is 2.95. The summed E-state index contributed by atoms with van der Waals surface area (Å²) in [5.74, 6) is 0.456. The second kappa shape index (κ2) is 6.20. The summed E-state index contributed by atoms with van der Waals surface area (Å²) in [6.07, 6.45) is 1.04. The number of benzene rings is 1. The molecule has 1 atom stereocenters. The van der Waals surface area contributed by atoms with Crippen molar-refractivity contribution in [3.8, 4) is 5.75 Å². The van der Waals surface area contributed by atoms with E-state index in [1.165, 1.54) is 7.11 Å². The molecule has 0 aliphatic carbocycles. The molecule has 1 aromatic carbocycles. The lowest BCUT2D eigenvalue weighted by Gasteiger charge is -2.12. The first-order chi connectivity index (χ1) is 8.70. The standard InChI is InChI=1S/C12H17BO5/c1-16-12-3-2-9(6-11(12)13(14)15)7-18-10-4-5-17-8-10/h2-3,6,10,14-15H,4-5,7-8H2,1H3. The monoisotopic (exact) mass is 252 g/mol. The molecule has 1 unspecified atom stereocenters. The van der Waals surface area contributed by atoms with Crippen molar-refractivity contribution in [1.29, 1.82) is 0 Å². The topological polar surface area (TPSA) is 68.2 Å². The van der Waals surface area contributed by atoms with Crippen molar-refractivity contribution in [3.05, 3.63) is 23.8 Å². The average Bonchev–Trinajstić information content (AvgIpc) is 2.89. The summed E-state index contributed by atoms with van der Waals surface area (Å²) in [4.78, 5) is 0. The summed E-state index contributed by atoms with van der Waals surface area (Å²) in [7, 11) is -0.0533. The van der Waals surface area contributed by atoms with Crippen LogP contribution in [0.25, 0.3) is 0 Å². The van der Waals surface area contributed by atoms with Gasteiger partial charge in [-0.25, -0.2) is 0 Å². The van der Waals surface area contributed by atoms with Gasteiger partial charge in [-0.3, -0.25) is 0 Å². The van der Waals surface area contributed by atoms with Crippen LogP contribution in [0.15, 0.2) is 18.2 Å². The van der Waals surface area contributed by atoms with Crippen LogP contribution in [-0.2, 0) is 16.1 Å². The Hall–Kier alpha value is -1.08. The van der Waals surface area contributed by atoms with E-state index >= 15 is 0 Å². The number of ether oxygens (including phenoxy) is 3. The molecule has 0 aromatic heterocycles. The van der Waals surface area contributed by atoms with Crippen LogP contribution in [0.2, 0.25) is 0 Å². The molecule has 0 spiro atoms. The van der Waals surface area contributed by atoms with Gasteiger partial charge in [0.2, 0.25) is 0 Å². The molecular formula is C12H17BO5. The highest BCUT2D eigenvalue weighted by Crippen LogP contribution is 2.14. The molecule has 1 aliphatic heterocycles. The van der Waals surface area contributed by atoms with Crippen molar-refractivity contribution in [2.75, 3.05) is 20.3 Å². The molecule has 6 heteroatoms. The van der Waals surface area contributed by atoms with E-state index in [1.54, 1.807) is 12.1 Å². The summed E-state index contributed by atoms with van der Waals surface area (Å²) in [6, 6.07) is 5.23. The first-order valence-electron chi connectivity index (χ1n) is 5.93. The van der Waals surface area contributed by atoms with Crippen LogP contribution in [0, 0.1) is 0 Å². The van der Waals surface area contributed by atoms with Crippen molar-refractivity contribution < 1.29 is 24.3 Å². The molecule has 0 saturated carbocycles. The van der Waals surface area contributed by atoms with Crippen molar-refractivity contribution in [3.63, 3.8) is 0 Å². The highest BCUT2D eigenvalue weighted by Gasteiger charge is 2.19. The van der Waals surface area contributed by atoms with Crippen LogP contribution in [0.1, 0.15) is 12.0 Å². The molecule has 1 aromatic rings. The van der Waals surface area contributed by atoms with Crippen LogP contribution >= 0.6 is 0 Å². The van der Waals surface area contributed by atoms with Gasteiger partial charge in [-0.15, -0.1) is 0 Å². The molecule has 1 heterocycles. The van der Waals surface area contributed by atoms with E-state index in [9.17, 15) is 10.0 Å². The minimum absolute atomic E-state index is 0.134. The summed E-state index contributed by atoms with van der Waals surface area (Å²) < 4.78 is 15.9.